The number of hydrogen-bond donors (Lipinski definition) is 1. The zero-order valence-electron chi connectivity index (χ0n) is 12.9. The summed E-state index contributed by atoms with van der Waals surface area (Å²) in [6.07, 6.45) is 5.96. The van der Waals surface area contributed by atoms with Gasteiger partial charge < -0.3 is 15.2 Å². The molecule has 1 heterocycles. The van der Waals surface area contributed by atoms with Crippen LogP contribution < -0.4 is 15.2 Å². The fourth-order valence-electron chi connectivity index (χ4n) is 3.42. The maximum absolute atomic E-state index is 6.04. The number of rotatable bonds is 5. The van der Waals surface area contributed by atoms with E-state index >= 15 is 0 Å². The monoisotopic (exact) mass is 290 g/mol. The van der Waals surface area contributed by atoms with Crippen LogP contribution in [-0.4, -0.2) is 30.3 Å². The molecule has 2 aliphatic rings. The Morgan fingerprint density at radius 2 is 1.90 bits per heavy atom. The molecule has 0 radical (unpaired) electrons. The second-order valence-electron chi connectivity index (χ2n) is 6.23. The highest BCUT2D eigenvalue weighted by atomic mass is 16.7. The van der Waals surface area contributed by atoms with E-state index in [4.69, 9.17) is 15.2 Å². The normalized spacial score (nSPS) is 24.5. The van der Waals surface area contributed by atoms with E-state index < -0.39 is 0 Å². The smallest absolute Gasteiger partial charge is 0.231 e. The second-order valence-corrected chi connectivity index (χ2v) is 6.23. The van der Waals surface area contributed by atoms with Gasteiger partial charge in [0.25, 0.3) is 0 Å². The predicted molar refractivity (Wildman–Crippen MR) is 83.5 cm³/mol. The summed E-state index contributed by atoms with van der Waals surface area (Å²) in [5.74, 6) is 1.75. The van der Waals surface area contributed by atoms with E-state index in [0.29, 0.717) is 18.9 Å². The molecule has 21 heavy (non-hydrogen) atoms. The molecular weight excluding hydrogens is 264 g/mol. The van der Waals surface area contributed by atoms with Crippen LogP contribution in [0, 0.1) is 0 Å². The van der Waals surface area contributed by atoms with Gasteiger partial charge in [-0.15, -0.1) is 0 Å². The number of nitrogens with two attached hydrogens (primary N) is 1. The molecule has 2 N–H and O–H groups in total. The van der Waals surface area contributed by atoms with E-state index in [9.17, 15) is 0 Å². The molecule has 1 saturated carbocycles. The van der Waals surface area contributed by atoms with Crippen LogP contribution in [0.15, 0.2) is 18.2 Å². The minimum absolute atomic E-state index is 0.345. The molecule has 1 fully saturated rings. The summed E-state index contributed by atoms with van der Waals surface area (Å²) in [4.78, 5) is 2.61. The van der Waals surface area contributed by atoms with E-state index in [0.717, 1.165) is 37.4 Å². The summed E-state index contributed by atoms with van der Waals surface area (Å²) in [5.41, 5.74) is 7.34. The van der Waals surface area contributed by atoms with Gasteiger partial charge in [-0.05, 0) is 56.3 Å². The van der Waals surface area contributed by atoms with Gasteiger partial charge in [-0.3, -0.25) is 4.90 Å². The molecule has 0 amide bonds. The van der Waals surface area contributed by atoms with Gasteiger partial charge >= 0.3 is 0 Å². The molecule has 1 aromatic carbocycles. The molecule has 0 atom stereocenters. The van der Waals surface area contributed by atoms with Gasteiger partial charge in [0.1, 0.15) is 0 Å². The van der Waals surface area contributed by atoms with Gasteiger partial charge in [-0.1, -0.05) is 13.0 Å². The summed E-state index contributed by atoms with van der Waals surface area (Å²) < 4.78 is 10.9. The molecule has 4 heteroatoms. The third kappa shape index (κ3) is 3.50. The quantitative estimate of drug-likeness (QED) is 0.906. The maximum atomic E-state index is 6.04. The fourth-order valence-corrected chi connectivity index (χ4v) is 3.42. The van der Waals surface area contributed by atoms with Crippen molar-refractivity contribution < 1.29 is 9.47 Å². The maximum Gasteiger partial charge on any atom is 0.231 e. The van der Waals surface area contributed by atoms with Crippen LogP contribution in [0.1, 0.15) is 44.6 Å². The van der Waals surface area contributed by atoms with Crippen LogP contribution in [0.25, 0.3) is 0 Å². The number of benzene rings is 1. The Balaban J connectivity index is 1.67. The van der Waals surface area contributed by atoms with Crippen molar-refractivity contribution in [3.63, 3.8) is 0 Å². The van der Waals surface area contributed by atoms with Crippen molar-refractivity contribution in [1.29, 1.82) is 0 Å². The number of ether oxygens (including phenoxy) is 2. The average molecular weight is 290 g/mol. The van der Waals surface area contributed by atoms with Gasteiger partial charge in [0.05, 0.1) is 0 Å². The van der Waals surface area contributed by atoms with Gasteiger partial charge in [-0.25, -0.2) is 0 Å². The Morgan fingerprint density at radius 1 is 1.14 bits per heavy atom. The van der Waals surface area contributed by atoms with Crippen LogP contribution in [0.5, 0.6) is 11.5 Å². The lowest BCUT2D eigenvalue weighted by Crippen LogP contribution is -2.40. The highest BCUT2D eigenvalue weighted by Crippen LogP contribution is 2.33. The minimum atomic E-state index is 0.345. The van der Waals surface area contributed by atoms with Gasteiger partial charge in [0.15, 0.2) is 11.5 Å². The highest BCUT2D eigenvalue weighted by molar-refractivity contribution is 5.44. The first-order valence-electron chi connectivity index (χ1n) is 8.14. The highest BCUT2D eigenvalue weighted by Gasteiger charge is 2.24. The van der Waals surface area contributed by atoms with E-state index in [2.05, 4.69) is 24.0 Å². The second kappa shape index (κ2) is 6.67. The Kier molecular flexibility index (Phi) is 4.66. The first-order chi connectivity index (χ1) is 10.3. The predicted octanol–water partition coefficient (Wildman–Crippen LogP) is 2.90. The molecule has 1 aromatic rings. The lowest BCUT2D eigenvalue weighted by Gasteiger charge is -2.36. The van der Waals surface area contributed by atoms with Crippen LogP contribution in [0.4, 0.5) is 0 Å². The van der Waals surface area contributed by atoms with Crippen LogP contribution >= 0.6 is 0 Å². The third-order valence-corrected chi connectivity index (χ3v) is 4.59. The fraction of sp³-hybridized carbons (Fsp3) is 0.647. The minimum Gasteiger partial charge on any atom is -0.454 e. The van der Waals surface area contributed by atoms with Crippen LogP contribution in [-0.2, 0) is 6.54 Å². The molecule has 3 rings (SSSR count). The number of fused-ring (bicyclic) bond motifs is 1. The van der Waals surface area contributed by atoms with Crippen molar-refractivity contribution in [2.75, 3.05) is 13.3 Å². The first-order valence-corrected chi connectivity index (χ1v) is 8.14. The summed E-state index contributed by atoms with van der Waals surface area (Å²) in [7, 11) is 0. The van der Waals surface area contributed by atoms with E-state index in [1.165, 1.54) is 24.8 Å². The summed E-state index contributed by atoms with van der Waals surface area (Å²) in [5, 5.41) is 0. The zero-order chi connectivity index (χ0) is 14.7. The van der Waals surface area contributed by atoms with Crippen molar-refractivity contribution in [2.24, 2.45) is 5.73 Å². The van der Waals surface area contributed by atoms with Gasteiger partial charge in [-0.2, -0.15) is 0 Å². The largest absolute Gasteiger partial charge is 0.454 e. The first kappa shape index (κ1) is 14.7. The van der Waals surface area contributed by atoms with Crippen LogP contribution in [0.2, 0.25) is 0 Å². The Bertz CT molecular complexity index is 470. The van der Waals surface area contributed by atoms with Gasteiger partial charge in [0, 0.05) is 18.6 Å². The number of nitrogens with zero attached hydrogens (tertiary/aromatic N) is 1. The summed E-state index contributed by atoms with van der Waals surface area (Å²) in [6, 6.07) is 7.40. The third-order valence-electron chi connectivity index (χ3n) is 4.59. The lowest BCUT2D eigenvalue weighted by molar-refractivity contribution is 0.142. The molecule has 0 spiro atoms. The van der Waals surface area contributed by atoms with E-state index in [-0.39, 0.29) is 0 Å². The van der Waals surface area contributed by atoms with Gasteiger partial charge in [0.2, 0.25) is 6.79 Å². The zero-order valence-corrected chi connectivity index (χ0v) is 12.9. The van der Waals surface area contributed by atoms with Crippen molar-refractivity contribution >= 4 is 0 Å². The molecule has 0 bridgehead atoms. The van der Waals surface area contributed by atoms with E-state index in [1.54, 1.807) is 0 Å². The summed E-state index contributed by atoms with van der Waals surface area (Å²) >= 11 is 0. The SMILES string of the molecule is CCCN(Cc1ccc2c(c1)OCO2)C1CCC(N)CC1. The number of hydrogen-bond acceptors (Lipinski definition) is 4. The lowest BCUT2D eigenvalue weighted by atomic mass is 9.90. The molecular formula is C17H26N2O2. The van der Waals surface area contributed by atoms with E-state index in [1.807, 2.05) is 6.07 Å². The van der Waals surface area contributed by atoms with Crippen LogP contribution in [0.3, 0.4) is 0 Å². The van der Waals surface area contributed by atoms with Crippen molar-refractivity contribution in [3.05, 3.63) is 23.8 Å². The molecule has 0 saturated heterocycles. The summed E-state index contributed by atoms with van der Waals surface area (Å²) in [6.45, 7) is 4.73. The Labute approximate surface area is 127 Å². The standard InChI is InChI=1S/C17H26N2O2/c1-2-9-19(15-6-4-14(18)5-7-15)11-13-3-8-16-17(10-13)21-12-20-16/h3,8,10,14-15H,2,4-7,9,11-12,18H2,1H3. The van der Waals surface area contributed by atoms with Crippen molar-refractivity contribution in [1.82, 2.24) is 4.90 Å². The Hall–Kier alpha value is -1.26. The molecule has 4 nitrogen and oxygen atoms in total. The average Bonchev–Trinajstić information content (AvgIpc) is 2.95. The topological polar surface area (TPSA) is 47.7 Å². The molecule has 0 aromatic heterocycles. The van der Waals surface area contributed by atoms with Crippen molar-refractivity contribution in [3.8, 4) is 11.5 Å². The molecule has 0 unspecified atom stereocenters. The molecule has 1 aliphatic carbocycles. The Morgan fingerprint density at radius 3 is 2.67 bits per heavy atom. The molecule has 116 valence electrons. The van der Waals surface area contributed by atoms with Crippen molar-refractivity contribution in [2.45, 2.75) is 57.7 Å². The molecule has 1 aliphatic heterocycles.